The van der Waals surface area contributed by atoms with Gasteiger partial charge in [-0.05, 0) is 19.1 Å². The van der Waals surface area contributed by atoms with Gasteiger partial charge in [-0.3, -0.25) is 10.1 Å². The van der Waals surface area contributed by atoms with Crippen LogP contribution in [0.4, 0.5) is 15.8 Å². The molecule has 6 nitrogen and oxygen atoms in total. The van der Waals surface area contributed by atoms with Gasteiger partial charge in [0.25, 0.3) is 5.69 Å². The van der Waals surface area contributed by atoms with Gasteiger partial charge in [-0.25, -0.2) is 9.37 Å². The second kappa shape index (κ2) is 5.25. The van der Waals surface area contributed by atoms with E-state index in [1.54, 1.807) is 19.1 Å². The Morgan fingerprint density at radius 3 is 2.76 bits per heavy atom. The highest BCUT2D eigenvalue weighted by atomic mass is 19.1. The molecule has 0 bridgehead atoms. The van der Waals surface area contributed by atoms with Gasteiger partial charge >= 0.3 is 0 Å². The number of hydrogen-bond donors (Lipinski definition) is 0. The van der Waals surface area contributed by atoms with Crippen molar-refractivity contribution in [2.24, 2.45) is 0 Å². The van der Waals surface area contributed by atoms with Gasteiger partial charge in [0.05, 0.1) is 29.9 Å². The summed E-state index contributed by atoms with van der Waals surface area (Å²) in [6.07, 6.45) is 0. The summed E-state index contributed by atoms with van der Waals surface area (Å²) in [4.78, 5) is 16.6. The van der Waals surface area contributed by atoms with Crippen molar-refractivity contribution in [2.45, 2.75) is 6.92 Å². The molecule has 2 heterocycles. The molecule has 7 heteroatoms. The summed E-state index contributed by atoms with van der Waals surface area (Å²) < 4.78 is 19.7. The Morgan fingerprint density at radius 2 is 2.10 bits per heavy atom. The van der Waals surface area contributed by atoms with Crippen LogP contribution >= 0.6 is 0 Å². The fourth-order valence-electron chi connectivity index (χ4n) is 2.58. The van der Waals surface area contributed by atoms with Crippen LogP contribution in [0.2, 0.25) is 0 Å². The zero-order valence-corrected chi connectivity index (χ0v) is 11.5. The van der Waals surface area contributed by atoms with Crippen LogP contribution < -0.4 is 4.90 Å². The molecule has 2 aromatic rings. The summed E-state index contributed by atoms with van der Waals surface area (Å²) in [5.41, 5.74) is 0.947. The summed E-state index contributed by atoms with van der Waals surface area (Å²) in [6, 6.07) is 4.38. The molecule has 1 saturated heterocycles. The van der Waals surface area contributed by atoms with Crippen LogP contribution in [0, 0.1) is 22.9 Å². The molecule has 21 heavy (non-hydrogen) atoms. The molecule has 0 saturated carbocycles. The Kier molecular flexibility index (Phi) is 3.42. The summed E-state index contributed by atoms with van der Waals surface area (Å²) in [5, 5.41) is 11.6. The standard InChI is InChI=1S/C14H14FN3O3/c1-9-2-3-10-13(16-9)12(18(19)20)8-11(15)14(10)17-4-6-21-7-5-17/h2-3,8H,4-7H2,1H3. The van der Waals surface area contributed by atoms with Crippen molar-refractivity contribution in [2.75, 3.05) is 31.2 Å². The Bertz CT molecular complexity index is 714. The Balaban J connectivity index is 2.27. The number of halogens is 1. The number of benzene rings is 1. The van der Waals surface area contributed by atoms with Crippen molar-refractivity contribution in [3.05, 3.63) is 39.8 Å². The van der Waals surface area contributed by atoms with Gasteiger partial charge in [0.2, 0.25) is 0 Å². The molecule has 1 aromatic heterocycles. The van der Waals surface area contributed by atoms with E-state index in [0.717, 1.165) is 6.07 Å². The number of anilines is 1. The number of nitro groups is 1. The SMILES string of the molecule is Cc1ccc2c(N3CCOCC3)c(F)cc([N+](=O)[O-])c2n1. The second-order valence-electron chi connectivity index (χ2n) is 4.93. The number of pyridine rings is 1. The van der Waals surface area contributed by atoms with E-state index in [0.29, 0.717) is 43.1 Å². The van der Waals surface area contributed by atoms with E-state index < -0.39 is 10.7 Å². The number of rotatable bonds is 2. The van der Waals surface area contributed by atoms with Crippen LogP contribution in [0.15, 0.2) is 18.2 Å². The molecule has 0 amide bonds. The molecule has 1 aromatic carbocycles. The lowest BCUT2D eigenvalue weighted by atomic mass is 10.1. The van der Waals surface area contributed by atoms with E-state index in [4.69, 9.17) is 4.74 Å². The summed E-state index contributed by atoms with van der Waals surface area (Å²) >= 11 is 0. The number of hydrogen-bond acceptors (Lipinski definition) is 5. The van der Waals surface area contributed by atoms with Crippen molar-refractivity contribution in [3.63, 3.8) is 0 Å². The minimum Gasteiger partial charge on any atom is -0.378 e. The highest BCUT2D eigenvalue weighted by Gasteiger charge is 2.24. The Labute approximate surface area is 120 Å². The van der Waals surface area contributed by atoms with Crippen molar-refractivity contribution >= 4 is 22.3 Å². The third kappa shape index (κ3) is 2.40. The minimum absolute atomic E-state index is 0.225. The highest BCUT2D eigenvalue weighted by molar-refractivity contribution is 5.98. The van der Waals surface area contributed by atoms with Crippen molar-refractivity contribution in [3.8, 4) is 0 Å². The zero-order valence-electron chi connectivity index (χ0n) is 11.5. The number of nitro benzene ring substituents is 1. The average molecular weight is 291 g/mol. The Morgan fingerprint density at radius 1 is 1.38 bits per heavy atom. The molecular formula is C14H14FN3O3. The predicted molar refractivity (Wildman–Crippen MR) is 76.1 cm³/mol. The first kappa shape index (κ1) is 13.7. The quantitative estimate of drug-likeness (QED) is 0.628. The monoisotopic (exact) mass is 291 g/mol. The van der Waals surface area contributed by atoms with E-state index in [1.165, 1.54) is 0 Å². The maximum Gasteiger partial charge on any atom is 0.298 e. The predicted octanol–water partition coefficient (Wildman–Crippen LogP) is 2.43. The van der Waals surface area contributed by atoms with Crippen LogP contribution in [0.1, 0.15) is 5.69 Å². The van der Waals surface area contributed by atoms with Crippen molar-refractivity contribution in [1.82, 2.24) is 4.98 Å². The highest BCUT2D eigenvalue weighted by Crippen LogP contribution is 2.35. The van der Waals surface area contributed by atoms with E-state index >= 15 is 0 Å². The molecule has 0 spiro atoms. The second-order valence-corrected chi connectivity index (χ2v) is 4.93. The number of ether oxygens (including phenoxy) is 1. The normalized spacial score (nSPS) is 15.4. The number of morpholine rings is 1. The molecule has 1 aliphatic heterocycles. The lowest BCUT2D eigenvalue weighted by Gasteiger charge is -2.30. The van der Waals surface area contributed by atoms with Crippen molar-refractivity contribution in [1.29, 1.82) is 0 Å². The molecule has 0 aliphatic carbocycles. The maximum absolute atomic E-state index is 14.4. The number of fused-ring (bicyclic) bond motifs is 1. The molecule has 0 radical (unpaired) electrons. The summed E-state index contributed by atoms with van der Waals surface area (Å²) in [5.74, 6) is -0.596. The van der Waals surface area contributed by atoms with Crippen LogP contribution in [0.5, 0.6) is 0 Å². The average Bonchev–Trinajstić information content (AvgIpc) is 2.47. The van der Waals surface area contributed by atoms with Gasteiger partial charge < -0.3 is 9.64 Å². The van der Waals surface area contributed by atoms with Gasteiger partial charge in [-0.2, -0.15) is 0 Å². The van der Waals surface area contributed by atoms with Crippen LogP contribution in [0.3, 0.4) is 0 Å². The number of aryl methyl sites for hydroxylation is 1. The van der Waals surface area contributed by atoms with Gasteiger partial charge in [-0.1, -0.05) is 0 Å². The smallest absolute Gasteiger partial charge is 0.298 e. The van der Waals surface area contributed by atoms with Gasteiger partial charge in [-0.15, -0.1) is 0 Å². The fraction of sp³-hybridized carbons (Fsp3) is 0.357. The maximum atomic E-state index is 14.4. The molecule has 1 aliphatic rings. The molecule has 0 N–H and O–H groups in total. The third-order valence-electron chi connectivity index (χ3n) is 3.55. The first-order chi connectivity index (χ1) is 10.1. The first-order valence-corrected chi connectivity index (χ1v) is 6.65. The minimum atomic E-state index is -0.596. The number of aromatic nitrogens is 1. The van der Waals surface area contributed by atoms with Crippen LogP contribution in [-0.4, -0.2) is 36.2 Å². The van der Waals surface area contributed by atoms with Crippen LogP contribution in [-0.2, 0) is 4.74 Å². The van der Waals surface area contributed by atoms with E-state index in [-0.39, 0.29) is 11.2 Å². The van der Waals surface area contributed by atoms with Gasteiger partial charge in [0, 0.05) is 24.2 Å². The number of nitrogens with zero attached hydrogens (tertiary/aromatic N) is 3. The summed E-state index contributed by atoms with van der Waals surface area (Å²) in [6.45, 7) is 3.88. The molecule has 0 unspecified atom stereocenters. The molecular weight excluding hydrogens is 277 g/mol. The van der Waals surface area contributed by atoms with Gasteiger partial charge in [0.1, 0.15) is 0 Å². The lowest BCUT2D eigenvalue weighted by Crippen LogP contribution is -2.37. The largest absolute Gasteiger partial charge is 0.378 e. The Hall–Kier alpha value is -2.28. The fourth-order valence-corrected chi connectivity index (χ4v) is 2.58. The zero-order chi connectivity index (χ0) is 15.0. The molecule has 1 fully saturated rings. The number of non-ortho nitro benzene ring substituents is 1. The molecule has 0 atom stereocenters. The van der Waals surface area contributed by atoms with E-state index in [9.17, 15) is 14.5 Å². The van der Waals surface area contributed by atoms with E-state index in [1.807, 2.05) is 4.90 Å². The molecule has 110 valence electrons. The van der Waals surface area contributed by atoms with E-state index in [2.05, 4.69) is 4.98 Å². The lowest BCUT2D eigenvalue weighted by molar-refractivity contribution is -0.383. The third-order valence-corrected chi connectivity index (χ3v) is 3.55. The molecule has 3 rings (SSSR count). The first-order valence-electron chi connectivity index (χ1n) is 6.65. The topological polar surface area (TPSA) is 68.5 Å². The van der Waals surface area contributed by atoms with Gasteiger partial charge in [0.15, 0.2) is 11.3 Å². The van der Waals surface area contributed by atoms with Crippen LogP contribution in [0.25, 0.3) is 10.9 Å². The van der Waals surface area contributed by atoms with Crippen molar-refractivity contribution < 1.29 is 14.1 Å². The summed E-state index contributed by atoms with van der Waals surface area (Å²) in [7, 11) is 0.